The fraction of sp³-hybridized carbons (Fsp3) is 0.500. The van der Waals surface area contributed by atoms with E-state index < -0.39 is 0 Å². The normalized spacial score (nSPS) is 19.4. The van der Waals surface area contributed by atoms with E-state index in [0.29, 0.717) is 16.0 Å². The molecule has 1 aromatic carbocycles. The average molecular weight is 244 g/mol. The summed E-state index contributed by atoms with van der Waals surface area (Å²) in [5, 5.41) is 1.37. The predicted octanol–water partition coefficient (Wildman–Crippen LogP) is 4.18. The van der Waals surface area contributed by atoms with Gasteiger partial charge in [0.2, 0.25) is 0 Å². The minimum absolute atomic E-state index is 0.0669. The second-order valence-electron chi connectivity index (χ2n) is 4.24. The van der Waals surface area contributed by atoms with E-state index >= 15 is 0 Å². The Bertz CT molecular complexity index is 345. The highest BCUT2D eigenvalue weighted by atomic mass is 35.5. The van der Waals surface area contributed by atoms with Gasteiger partial charge in [0.25, 0.3) is 0 Å². The van der Waals surface area contributed by atoms with E-state index in [1.54, 1.807) is 6.07 Å². The smallest absolute Gasteiger partial charge is 0.0468 e. The van der Waals surface area contributed by atoms with Crippen LogP contribution in [0.4, 0.5) is 0 Å². The summed E-state index contributed by atoms with van der Waals surface area (Å²) >= 11 is 12.0. The topological polar surface area (TPSA) is 26.0 Å². The van der Waals surface area contributed by atoms with Gasteiger partial charge in [0.15, 0.2) is 0 Å². The van der Waals surface area contributed by atoms with E-state index in [-0.39, 0.29) is 6.04 Å². The van der Waals surface area contributed by atoms with Crippen LogP contribution in [0.1, 0.15) is 37.3 Å². The molecule has 0 aliphatic heterocycles. The van der Waals surface area contributed by atoms with Crippen molar-refractivity contribution < 1.29 is 0 Å². The fourth-order valence-electron chi connectivity index (χ4n) is 2.34. The van der Waals surface area contributed by atoms with Crippen molar-refractivity contribution in [3.8, 4) is 0 Å². The van der Waals surface area contributed by atoms with Crippen LogP contribution in [-0.2, 0) is 0 Å². The Morgan fingerprint density at radius 3 is 2.47 bits per heavy atom. The average Bonchev–Trinajstić information content (AvgIpc) is 2.69. The first-order chi connectivity index (χ1) is 7.18. The molecule has 2 N–H and O–H groups in total. The molecule has 0 amide bonds. The van der Waals surface area contributed by atoms with Crippen LogP contribution in [-0.4, -0.2) is 0 Å². The predicted molar refractivity (Wildman–Crippen MR) is 65.3 cm³/mol. The van der Waals surface area contributed by atoms with Crippen molar-refractivity contribution in [1.82, 2.24) is 0 Å². The highest BCUT2D eigenvalue weighted by Gasteiger charge is 2.24. The van der Waals surface area contributed by atoms with E-state index in [9.17, 15) is 0 Å². The first kappa shape index (κ1) is 11.3. The molecule has 0 bridgehead atoms. The number of hydrogen-bond donors (Lipinski definition) is 1. The van der Waals surface area contributed by atoms with Crippen molar-refractivity contribution in [2.45, 2.75) is 31.7 Å². The van der Waals surface area contributed by atoms with Gasteiger partial charge in [0, 0.05) is 16.1 Å². The molecular formula is C12H15Cl2N. The van der Waals surface area contributed by atoms with Crippen LogP contribution >= 0.6 is 23.2 Å². The Morgan fingerprint density at radius 1 is 1.20 bits per heavy atom. The third kappa shape index (κ3) is 2.47. The van der Waals surface area contributed by atoms with Gasteiger partial charge < -0.3 is 5.73 Å². The van der Waals surface area contributed by atoms with Crippen LogP contribution in [0.2, 0.25) is 10.0 Å². The zero-order valence-electron chi connectivity index (χ0n) is 8.55. The monoisotopic (exact) mass is 243 g/mol. The molecule has 0 heterocycles. The third-order valence-electron chi connectivity index (χ3n) is 3.23. The van der Waals surface area contributed by atoms with Gasteiger partial charge in [-0.05, 0) is 36.5 Å². The zero-order valence-corrected chi connectivity index (χ0v) is 10.1. The van der Waals surface area contributed by atoms with Crippen LogP contribution in [0.25, 0.3) is 0 Å². The number of benzene rings is 1. The molecule has 1 fully saturated rings. The van der Waals surface area contributed by atoms with E-state index in [4.69, 9.17) is 28.9 Å². The maximum absolute atomic E-state index is 6.22. The van der Waals surface area contributed by atoms with Gasteiger partial charge in [-0.25, -0.2) is 0 Å². The molecule has 1 atom stereocenters. The SMILES string of the molecule is NC(c1ccc(Cl)cc1Cl)C1CCCC1. The van der Waals surface area contributed by atoms with Crippen molar-refractivity contribution in [2.24, 2.45) is 11.7 Å². The number of nitrogens with two attached hydrogens (primary N) is 1. The molecule has 0 radical (unpaired) electrons. The minimum atomic E-state index is 0.0669. The van der Waals surface area contributed by atoms with Crippen LogP contribution in [0, 0.1) is 5.92 Å². The lowest BCUT2D eigenvalue weighted by atomic mass is 9.92. The maximum atomic E-state index is 6.22. The van der Waals surface area contributed by atoms with E-state index in [1.807, 2.05) is 12.1 Å². The van der Waals surface area contributed by atoms with Crippen molar-refractivity contribution in [3.05, 3.63) is 33.8 Å². The Balaban J connectivity index is 2.20. The third-order valence-corrected chi connectivity index (χ3v) is 3.79. The van der Waals surface area contributed by atoms with Gasteiger partial charge in [-0.15, -0.1) is 0 Å². The van der Waals surface area contributed by atoms with Gasteiger partial charge in [0.1, 0.15) is 0 Å². The lowest BCUT2D eigenvalue weighted by Crippen LogP contribution is -2.19. The quantitative estimate of drug-likeness (QED) is 0.829. The number of halogens is 2. The molecule has 0 aromatic heterocycles. The summed E-state index contributed by atoms with van der Waals surface area (Å²) in [6, 6.07) is 5.65. The van der Waals surface area contributed by atoms with Crippen molar-refractivity contribution in [3.63, 3.8) is 0 Å². The second-order valence-corrected chi connectivity index (χ2v) is 5.08. The molecular weight excluding hydrogens is 229 g/mol. The summed E-state index contributed by atoms with van der Waals surface area (Å²) in [6.07, 6.45) is 5.04. The molecule has 1 aliphatic rings. The number of hydrogen-bond acceptors (Lipinski definition) is 1. The Morgan fingerprint density at radius 2 is 1.87 bits per heavy atom. The first-order valence-electron chi connectivity index (χ1n) is 5.39. The summed E-state index contributed by atoms with van der Waals surface area (Å²) in [5.74, 6) is 0.587. The van der Waals surface area contributed by atoms with Crippen molar-refractivity contribution in [1.29, 1.82) is 0 Å². The molecule has 1 nitrogen and oxygen atoms in total. The van der Waals surface area contributed by atoms with Crippen LogP contribution in [0.15, 0.2) is 18.2 Å². The molecule has 1 saturated carbocycles. The molecule has 1 aromatic rings. The zero-order chi connectivity index (χ0) is 10.8. The molecule has 2 rings (SSSR count). The standard InChI is InChI=1S/C12H15Cl2N/c13-9-5-6-10(11(14)7-9)12(15)8-3-1-2-4-8/h5-8,12H,1-4,15H2. The van der Waals surface area contributed by atoms with Crippen LogP contribution < -0.4 is 5.73 Å². The van der Waals surface area contributed by atoms with Gasteiger partial charge in [-0.2, -0.15) is 0 Å². The fourth-order valence-corrected chi connectivity index (χ4v) is 2.88. The molecule has 1 aliphatic carbocycles. The molecule has 1 unspecified atom stereocenters. The first-order valence-corrected chi connectivity index (χ1v) is 6.14. The van der Waals surface area contributed by atoms with E-state index in [1.165, 1.54) is 25.7 Å². The Labute approximate surface area is 101 Å². The largest absolute Gasteiger partial charge is 0.324 e. The molecule has 15 heavy (non-hydrogen) atoms. The Kier molecular flexibility index (Phi) is 3.55. The van der Waals surface area contributed by atoms with Crippen LogP contribution in [0.3, 0.4) is 0 Å². The van der Waals surface area contributed by atoms with Gasteiger partial charge in [0.05, 0.1) is 0 Å². The van der Waals surface area contributed by atoms with Crippen molar-refractivity contribution in [2.75, 3.05) is 0 Å². The summed E-state index contributed by atoms with van der Waals surface area (Å²) < 4.78 is 0. The second kappa shape index (κ2) is 4.73. The summed E-state index contributed by atoms with van der Waals surface area (Å²) in [5.41, 5.74) is 7.26. The van der Waals surface area contributed by atoms with E-state index in [0.717, 1.165) is 5.56 Å². The van der Waals surface area contributed by atoms with Gasteiger partial charge in [-0.3, -0.25) is 0 Å². The van der Waals surface area contributed by atoms with E-state index in [2.05, 4.69) is 0 Å². The van der Waals surface area contributed by atoms with Crippen LogP contribution in [0.5, 0.6) is 0 Å². The molecule has 3 heteroatoms. The molecule has 0 spiro atoms. The van der Waals surface area contributed by atoms with Gasteiger partial charge in [-0.1, -0.05) is 42.1 Å². The molecule has 0 saturated heterocycles. The lowest BCUT2D eigenvalue weighted by molar-refractivity contribution is 0.445. The minimum Gasteiger partial charge on any atom is -0.324 e. The van der Waals surface area contributed by atoms with Crippen molar-refractivity contribution >= 4 is 23.2 Å². The van der Waals surface area contributed by atoms with Gasteiger partial charge >= 0.3 is 0 Å². The summed E-state index contributed by atoms with van der Waals surface area (Å²) in [4.78, 5) is 0. The number of rotatable bonds is 2. The highest BCUT2D eigenvalue weighted by Crippen LogP contribution is 2.37. The Hall–Kier alpha value is -0.240. The lowest BCUT2D eigenvalue weighted by Gasteiger charge is -2.20. The summed E-state index contributed by atoms with van der Waals surface area (Å²) in [7, 11) is 0. The highest BCUT2D eigenvalue weighted by molar-refractivity contribution is 6.35. The maximum Gasteiger partial charge on any atom is 0.0468 e. The summed E-state index contributed by atoms with van der Waals surface area (Å²) in [6.45, 7) is 0. The molecule has 82 valence electrons.